The van der Waals surface area contributed by atoms with Crippen LogP contribution in [0.2, 0.25) is 5.02 Å². The van der Waals surface area contributed by atoms with Gasteiger partial charge in [-0.25, -0.2) is 9.78 Å². The third-order valence-corrected chi connectivity index (χ3v) is 3.33. The summed E-state index contributed by atoms with van der Waals surface area (Å²) in [6.45, 7) is 0. The molecule has 3 aromatic rings. The van der Waals surface area contributed by atoms with Crippen LogP contribution in [0.3, 0.4) is 0 Å². The fourth-order valence-electron chi connectivity index (χ4n) is 2.01. The van der Waals surface area contributed by atoms with Gasteiger partial charge in [-0.15, -0.1) is 0 Å². The lowest BCUT2D eigenvalue weighted by atomic mass is 10.1. The van der Waals surface area contributed by atoms with E-state index in [2.05, 4.69) is 4.98 Å². The standard InChI is InChI=1S/C16H9ClFNO2/c17-13-5-6-14(12-4-2-1-3-11(12)13)21-16(20)10-7-8-19-15(18)9-10/h1-9H. The Morgan fingerprint density at radius 2 is 1.86 bits per heavy atom. The molecule has 3 rings (SSSR count). The van der Waals surface area contributed by atoms with Gasteiger partial charge in [0.15, 0.2) is 0 Å². The van der Waals surface area contributed by atoms with Crippen molar-refractivity contribution >= 4 is 28.3 Å². The minimum Gasteiger partial charge on any atom is -0.422 e. The number of pyridine rings is 1. The summed E-state index contributed by atoms with van der Waals surface area (Å²) in [5.74, 6) is -1.01. The van der Waals surface area contributed by atoms with Gasteiger partial charge in [-0.2, -0.15) is 4.39 Å². The average molecular weight is 302 g/mol. The Hall–Kier alpha value is -2.46. The van der Waals surface area contributed by atoms with Gasteiger partial charge in [0.1, 0.15) is 5.75 Å². The Morgan fingerprint density at radius 1 is 1.10 bits per heavy atom. The number of hydrogen-bond donors (Lipinski definition) is 0. The van der Waals surface area contributed by atoms with Crippen molar-refractivity contribution in [1.82, 2.24) is 4.98 Å². The molecule has 0 N–H and O–H groups in total. The molecule has 0 atom stereocenters. The van der Waals surface area contributed by atoms with Gasteiger partial charge in [0.25, 0.3) is 0 Å². The van der Waals surface area contributed by atoms with Crippen molar-refractivity contribution in [2.75, 3.05) is 0 Å². The number of fused-ring (bicyclic) bond motifs is 1. The van der Waals surface area contributed by atoms with Crippen LogP contribution in [0.15, 0.2) is 54.7 Å². The van der Waals surface area contributed by atoms with Crippen molar-refractivity contribution in [2.24, 2.45) is 0 Å². The van der Waals surface area contributed by atoms with Crippen LogP contribution in [-0.2, 0) is 0 Å². The predicted octanol–water partition coefficient (Wildman–Crippen LogP) is 4.25. The molecule has 0 fully saturated rings. The van der Waals surface area contributed by atoms with E-state index in [1.165, 1.54) is 12.3 Å². The molecule has 0 aliphatic carbocycles. The molecular weight excluding hydrogens is 293 g/mol. The highest BCUT2D eigenvalue weighted by Gasteiger charge is 2.12. The number of rotatable bonds is 2. The molecule has 0 aliphatic heterocycles. The van der Waals surface area contributed by atoms with Crippen LogP contribution >= 0.6 is 11.6 Å². The number of nitrogens with zero attached hydrogens (tertiary/aromatic N) is 1. The molecule has 0 amide bonds. The van der Waals surface area contributed by atoms with Gasteiger partial charge >= 0.3 is 5.97 Å². The molecule has 0 spiro atoms. The summed E-state index contributed by atoms with van der Waals surface area (Å²) in [5.41, 5.74) is 0.0986. The van der Waals surface area contributed by atoms with Crippen LogP contribution in [-0.4, -0.2) is 11.0 Å². The highest BCUT2D eigenvalue weighted by Crippen LogP contribution is 2.31. The van der Waals surface area contributed by atoms with Crippen molar-refractivity contribution in [1.29, 1.82) is 0 Å². The molecule has 21 heavy (non-hydrogen) atoms. The molecule has 3 nitrogen and oxygen atoms in total. The van der Waals surface area contributed by atoms with Crippen LogP contribution in [0.5, 0.6) is 5.75 Å². The second-order valence-corrected chi connectivity index (χ2v) is 4.76. The summed E-state index contributed by atoms with van der Waals surface area (Å²) in [6, 6.07) is 13.0. The van der Waals surface area contributed by atoms with E-state index in [0.29, 0.717) is 16.2 Å². The summed E-state index contributed by atoms with van der Waals surface area (Å²) in [6.07, 6.45) is 1.21. The van der Waals surface area contributed by atoms with E-state index < -0.39 is 11.9 Å². The Morgan fingerprint density at radius 3 is 2.62 bits per heavy atom. The number of halogens is 2. The van der Waals surface area contributed by atoms with Gasteiger partial charge < -0.3 is 4.74 Å². The average Bonchev–Trinajstić information content (AvgIpc) is 2.50. The molecule has 0 saturated heterocycles. The van der Waals surface area contributed by atoms with Crippen LogP contribution in [0.1, 0.15) is 10.4 Å². The van der Waals surface area contributed by atoms with Gasteiger partial charge in [-0.1, -0.05) is 35.9 Å². The van der Waals surface area contributed by atoms with Crippen LogP contribution in [0.4, 0.5) is 4.39 Å². The van der Waals surface area contributed by atoms with Gasteiger partial charge in [-0.05, 0) is 18.2 Å². The highest BCUT2D eigenvalue weighted by molar-refractivity contribution is 6.35. The first-order valence-electron chi connectivity index (χ1n) is 6.16. The number of esters is 1. The fourth-order valence-corrected chi connectivity index (χ4v) is 2.24. The first kappa shape index (κ1) is 13.5. The summed E-state index contributed by atoms with van der Waals surface area (Å²) in [5, 5.41) is 2.07. The van der Waals surface area contributed by atoms with Crippen molar-refractivity contribution in [3.8, 4) is 5.75 Å². The smallest absolute Gasteiger partial charge is 0.343 e. The number of hydrogen-bond acceptors (Lipinski definition) is 3. The van der Waals surface area contributed by atoms with Crippen molar-refractivity contribution in [2.45, 2.75) is 0 Å². The van der Waals surface area contributed by atoms with Crippen molar-refractivity contribution < 1.29 is 13.9 Å². The lowest BCUT2D eigenvalue weighted by Gasteiger charge is -2.08. The van der Waals surface area contributed by atoms with Crippen LogP contribution in [0.25, 0.3) is 10.8 Å². The first-order chi connectivity index (χ1) is 10.1. The molecule has 2 aromatic carbocycles. The maximum absolute atomic E-state index is 13.0. The maximum Gasteiger partial charge on any atom is 0.343 e. The van der Waals surface area contributed by atoms with Crippen LogP contribution in [0, 0.1) is 5.95 Å². The summed E-state index contributed by atoms with van der Waals surface area (Å²) in [7, 11) is 0. The summed E-state index contributed by atoms with van der Waals surface area (Å²) in [4.78, 5) is 15.4. The van der Waals surface area contributed by atoms with Crippen LogP contribution < -0.4 is 4.74 Å². The second kappa shape index (κ2) is 5.50. The highest BCUT2D eigenvalue weighted by atomic mass is 35.5. The van der Waals surface area contributed by atoms with E-state index in [1.54, 1.807) is 18.2 Å². The van der Waals surface area contributed by atoms with Gasteiger partial charge in [-0.3, -0.25) is 0 Å². The fraction of sp³-hybridized carbons (Fsp3) is 0. The van der Waals surface area contributed by atoms with Gasteiger partial charge in [0, 0.05) is 28.1 Å². The van der Waals surface area contributed by atoms with Gasteiger partial charge in [0.05, 0.1) is 5.56 Å². The quantitative estimate of drug-likeness (QED) is 0.403. The van der Waals surface area contributed by atoms with Crippen molar-refractivity contribution in [3.05, 3.63) is 71.3 Å². The molecule has 0 aliphatic rings. The van der Waals surface area contributed by atoms with Gasteiger partial charge in [0.2, 0.25) is 5.95 Å². The Kier molecular flexibility index (Phi) is 3.54. The molecule has 0 unspecified atom stereocenters. The van der Waals surface area contributed by atoms with E-state index >= 15 is 0 Å². The van der Waals surface area contributed by atoms with E-state index in [-0.39, 0.29) is 5.56 Å². The van der Waals surface area contributed by atoms with E-state index in [0.717, 1.165) is 11.5 Å². The number of ether oxygens (including phenoxy) is 1. The zero-order valence-corrected chi connectivity index (χ0v) is 11.5. The Labute approximate surface area is 124 Å². The number of benzene rings is 2. The van der Waals surface area contributed by atoms with E-state index in [4.69, 9.17) is 16.3 Å². The largest absolute Gasteiger partial charge is 0.422 e. The molecule has 104 valence electrons. The number of carbonyl (C=O) groups is 1. The number of carbonyl (C=O) groups excluding carboxylic acids is 1. The third kappa shape index (κ3) is 2.71. The summed E-state index contributed by atoms with van der Waals surface area (Å²) >= 11 is 6.11. The SMILES string of the molecule is O=C(Oc1ccc(Cl)c2ccccc12)c1ccnc(F)c1. The normalized spacial score (nSPS) is 10.6. The molecule has 1 heterocycles. The monoisotopic (exact) mass is 301 g/mol. The molecule has 0 saturated carbocycles. The lowest BCUT2D eigenvalue weighted by molar-refractivity contribution is 0.0736. The van der Waals surface area contributed by atoms with E-state index in [9.17, 15) is 9.18 Å². The Balaban J connectivity index is 1.99. The Bertz CT molecular complexity index is 835. The zero-order valence-electron chi connectivity index (χ0n) is 10.7. The molecule has 1 aromatic heterocycles. The number of aromatic nitrogens is 1. The zero-order chi connectivity index (χ0) is 14.8. The minimum atomic E-state index is -0.731. The lowest BCUT2D eigenvalue weighted by Crippen LogP contribution is -2.09. The molecule has 5 heteroatoms. The maximum atomic E-state index is 13.0. The third-order valence-electron chi connectivity index (χ3n) is 3.00. The summed E-state index contributed by atoms with van der Waals surface area (Å²) < 4.78 is 18.4. The van der Waals surface area contributed by atoms with E-state index in [1.807, 2.05) is 18.2 Å². The second-order valence-electron chi connectivity index (χ2n) is 4.35. The predicted molar refractivity (Wildman–Crippen MR) is 78.1 cm³/mol. The molecular formula is C16H9ClFNO2. The van der Waals surface area contributed by atoms with Crippen molar-refractivity contribution in [3.63, 3.8) is 0 Å². The topological polar surface area (TPSA) is 39.2 Å². The first-order valence-corrected chi connectivity index (χ1v) is 6.54. The molecule has 0 radical (unpaired) electrons. The molecule has 0 bridgehead atoms. The minimum absolute atomic E-state index is 0.0986.